The fraction of sp³-hybridized carbons (Fsp3) is 0.0263. The molecule has 0 N–H and O–H groups in total. The SMILES string of the molecule is Cc1ccc(N(c2ccccc2)c2ccc(N(c3ccccc3)c3ccc(-c4cn5ccccc5n4)cc3)cc2)cc1. The summed E-state index contributed by atoms with van der Waals surface area (Å²) in [7, 11) is 0. The summed E-state index contributed by atoms with van der Waals surface area (Å²) >= 11 is 0. The highest BCUT2D eigenvalue weighted by Crippen LogP contribution is 2.39. The molecule has 0 aliphatic heterocycles. The van der Waals surface area contributed by atoms with Gasteiger partial charge < -0.3 is 14.2 Å². The smallest absolute Gasteiger partial charge is 0.137 e. The van der Waals surface area contributed by atoms with E-state index in [9.17, 15) is 0 Å². The van der Waals surface area contributed by atoms with Crippen molar-refractivity contribution in [3.63, 3.8) is 0 Å². The van der Waals surface area contributed by atoms with Crippen LogP contribution in [-0.2, 0) is 0 Å². The number of aromatic nitrogens is 2. The van der Waals surface area contributed by atoms with Gasteiger partial charge in [0.25, 0.3) is 0 Å². The minimum atomic E-state index is 0.942. The van der Waals surface area contributed by atoms with E-state index >= 15 is 0 Å². The number of anilines is 6. The molecule has 0 aliphatic carbocycles. The first-order chi connectivity index (χ1) is 20.7. The largest absolute Gasteiger partial charge is 0.311 e. The minimum absolute atomic E-state index is 0.942. The van der Waals surface area contributed by atoms with Crippen LogP contribution in [0.3, 0.4) is 0 Å². The number of benzene rings is 5. The minimum Gasteiger partial charge on any atom is -0.311 e. The number of imidazole rings is 1. The van der Waals surface area contributed by atoms with Crippen molar-refractivity contribution in [3.8, 4) is 11.3 Å². The van der Waals surface area contributed by atoms with E-state index in [2.05, 4.69) is 161 Å². The molecule has 7 aromatic rings. The molecule has 0 spiro atoms. The van der Waals surface area contributed by atoms with Crippen LogP contribution in [0.2, 0.25) is 0 Å². The summed E-state index contributed by atoms with van der Waals surface area (Å²) in [6, 6.07) is 53.2. The molecule has 5 aromatic carbocycles. The first-order valence-corrected chi connectivity index (χ1v) is 14.1. The molecule has 0 saturated carbocycles. The molecule has 4 nitrogen and oxygen atoms in total. The number of hydrogen-bond acceptors (Lipinski definition) is 3. The van der Waals surface area contributed by atoms with Gasteiger partial charge in [0.2, 0.25) is 0 Å². The maximum Gasteiger partial charge on any atom is 0.137 e. The quantitative estimate of drug-likeness (QED) is 0.200. The molecule has 202 valence electrons. The Morgan fingerprint density at radius 1 is 0.452 bits per heavy atom. The molecule has 0 amide bonds. The van der Waals surface area contributed by atoms with Crippen LogP contribution in [0.1, 0.15) is 5.56 Å². The number of para-hydroxylation sites is 2. The summed E-state index contributed by atoms with van der Waals surface area (Å²) in [5.74, 6) is 0. The van der Waals surface area contributed by atoms with Gasteiger partial charge in [0, 0.05) is 52.1 Å². The molecule has 0 atom stereocenters. The van der Waals surface area contributed by atoms with Crippen molar-refractivity contribution in [2.45, 2.75) is 6.92 Å². The Morgan fingerprint density at radius 2 is 0.881 bits per heavy atom. The number of pyridine rings is 1. The molecule has 2 heterocycles. The monoisotopic (exact) mass is 542 g/mol. The van der Waals surface area contributed by atoms with Crippen molar-refractivity contribution < 1.29 is 0 Å². The van der Waals surface area contributed by atoms with E-state index in [1.54, 1.807) is 0 Å². The van der Waals surface area contributed by atoms with Gasteiger partial charge in [0.05, 0.1) is 5.69 Å². The van der Waals surface area contributed by atoms with Gasteiger partial charge in [-0.05, 0) is 91.9 Å². The molecular formula is C38H30N4. The molecule has 0 radical (unpaired) electrons. The van der Waals surface area contributed by atoms with Crippen LogP contribution in [0.25, 0.3) is 16.9 Å². The lowest BCUT2D eigenvalue weighted by Crippen LogP contribution is -2.12. The van der Waals surface area contributed by atoms with Crippen molar-refractivity contribution in [3.05, 3.63) is 170 Å². The maximum absolute atomic E-state index is 4.80. The van der Waals surface area contributed by atoms with Crippen molar-refractivity contribution in [2.24, 2.45) is 0 Å². The summed E-state index contributed by atoms with van der Waals surface area (Å²) in [5, 5.41) is 0. The van der Waals surface area contributed by atoms with Gasteiger partial charge >= 0.3 is 0 Å². The van der Waals surface area contributed by atoms with Gasteiger partial charge in [-0.25, -0.2) is 4.98 Å². The van der Waals surface area contributed by atoms with Crippen LogP contribution in [0.15, 0.2) is 164 Å². The van der Waals surface area contributed by atoms with Crippen LogP contribution in [-0.4, -0.2) is 9.38 Å². The topological polar surface area (TPSA) is 23.8 Å². The molecule has 0 bridgehead atoms. The number of fused-ring (bicyclic) bond motifs is 1. The summed E-state index contributed by atoms with van der Waals surface area (Å²) in [6.07, 6.45) is 4.10. The van der Waals surface area contributed by atoms with E-state index in [4.69, 9.17) is 4.98 Å². The lowest BCUT2D eigenvalue weighted by atomic mass is 10.1. The Balaban J connectivity index is 1.25. The van der Waals surface area contributed by atoms with Crippen LogP contribution in [0.5, 0.6) is 0 Å². The second-order valence-electron chi connectivity index (χ2n) is 10.3. The predicted molar refractivity (Wildman–Crippen MR) is 175 cm³/mol. The van der Waals surface area contributed by atoms with Crippen molar-refractivity contribution >= 4 is 39.8 Å². The van der Waals surface area contributed by atoms with Crippen LogP contribution < -0.4 is 9.80 Å². The first kappa shape index (κ1) is 25.4. The van der Waals surface area contributed by atoms with E-state index in [1.807, 2.05) is 24.4 Å². The summed E-state index contributed by atoms with van der Waals surface area (Å²) < 4.78 is 2.05. The van der Waals surface area contributed by atoms with Gasteiger partial charge in [-0.3, -0.25) is 0 Å². The lowest BCUT2D eigenvalue weighted by Gasteiger charge is -2.28. The fourth-order valence-electron chi connectivity index (χ4n) is 5.35. The van der Waals surface area contributed by atoms with Crippen LogP contribution in [0, 0.1) is 6.92 Å². The molecule has 2 aromatic heterocycles. The fourth-order valence-corrected chi connectivity index (χ4v) is 5.35. The van der Waals surface area contributed by atoms with E-state index < -0.39 is 0 Å². The Morgan fingerprint density at radius 3 is 1.38 bits per heavy atom. The van der Waals surface area contributed by atoms with E-state index in [-0.39, 0.29) is 0 Å². The highest BCUT2D eigenvalue weighted by Gasteiger charge is 2.16. The highest BCUT2D eigenvalue weighted by molar-refractivity contribution is 5.81. The predicted octanol–water partition coefficient (Wildman–Crippen LogP) is 10.2. The van der Waals surface area contributed by atoms with Gasteiger partial charge in [-0.2, -0.15) is 0 Å². The Bertz CT molecular complexity index is 1880. The standard InChI is InChI=1S/C38H30N4/c1-29-15-19-33(20-16-29)41(31-10-4-2-5-11-31)35-23-25-36(26-24-35)42(32-12-6-3-7-13-32)34-21-17-30(18-22-34)37-28-40-27-9-8-14-38(40)39-37/h2-28H,1H3. The van der Waals surface area contributed by atoms with Crippen molar-refractivity contribution in [2.75, 3.05) is 9.80 Å². The zero-order valence-electron chi connectivity index (χ0n) is 23.4. The first-order valence-electron chi connectivity index (χ1n) is 14.1. The van der Waals surface area contributed by atoms with Crippen molar-refractivity contribution in [1.29, 1.82) is 0 Å². The summed E-state index contributed by atoms with van der Waals surface area (Å²) in [4.78, 5) is 9.38. The molecule has 0 unspecified atom stereocenters. The normalized spacial score (nSPS) is 11.0. The molecule has 42 heavy (non-hydrogen) atoms. The molecular weight excluding hydrogens is 512 g/mol. The van der Waals surface area contributed by atoms with E-state index in [1.165, 1.54) is 5.56 Å². The molecule has 7 rings (SSSR count). The number of aryl methyl sites for hydroxylation is 1. The average molecular weight is 543 g/mol. The molecule has 4 heteroatoms. The summed E-state index contributed by atoms with van der Waals surface area (Å²) in [5.41, 5.74) is 10.8. The lowest BCUT2D eigenvalue weighted by molar-refractivity contribution is 1.19. The highest BCUT2D eigenvalue weighted by atomic mass is 15.2. The van der Waals surface area contributed by atoms with E-state index in [0.29, 0.717) is 0 Å². The number of nitrogens with zero attached hydrogens (tertiary/aromatic N) is 4. The third-order valence-electron chi connectivity index (χ3n) is 7.47. The Kier molecular flexibility index (Phi) is 6.71. The third-order valence-corrected chi connectivity index (χ3v) is 7.47. The van der Waals surface area contributed by atoms with E-state index in [0.717, 1.165) is 51.0 Å². The Hall–Kier alpha value is -5.61. The average Bonchev–Trinajstić information content (AvgIpc) is 3.49. The number of hydrogen-bond donors (Lipinski definition) is 0. The molecule has 0 aliphatic rings. The molecule has 0 fully saturated rings. The Labute approximate surface area is 246 Å². The molecule has 0 saturated heterocycles. The van der Waals surface area contributed by atoms with Gasteiger partial charge in [-0.15, -0.1) is 0 Å². The van der Waals surface area contributed by atoms with Crippen molar-refractivity contribution in [1.82, 2.24) is 9.38 Å². The zero-order chi connectivity index (χ0) is 28.3. The third kappa shape index (κ3) is 5.02. The second kappa shape index (κ2) is 11.1. The maximum atomic E-state index is 4.80. The van der Waals surface area contributed by atoms with Gasteiger partial charge in [0.1, 0.15) is 5.65 Å². The van der Waals surface area contributed by atoms with Crippen LogP contribution >= 0.6 is 0 Å². The second-order valence-corrected chi connectivity index (χ2v) is 10.3. The van der Waals surface area contributed by atoms with Gasteiger partial charge in [-0.1, -0.05) is 72.3 Å². The van der Waals surface area contributed by atoms with Crippen LogP contribution in [0.4, 0.5) is 34.1 Å². The summed E-state index contributed by atoms with van der Waals surface area (Å²) in [6.45, 7) is 2.12. The zero-order valence-corrected chi connectivity index (χ0v) is 23.4. The number of rotatable bonds is 7. The van der Waals surface area contributed by atoms with Gasteiger partial charge in [0.15, 0.2) is 0 Å².